The van der Waals surface area contributed by atoms with Crippen molar-refractivity contribution in [3.8, 4) is 11.8 Å². The van der Waals surface area contributed by atoms with Crippen molar-refractivity contribution < 1.29 is 56.3 Å². The fraction of sp³-hybridized carbons (Fsp3) is 0.500. The van der Waals surface area contributed by atoms with Crippen molar-refractivity contribution in [1.29, 1.82) is 0 Å². The van der Waals surface area contributed by atoms with Gasteiger partial charge in [-0.1, -0.05) is 11.8 Å². The summed E-state index contributed by atoms with van der Waals surface area (Å²) in [6.07, 6.45) is -2.10. The number of hydrogen-bond acceptors (Lipinski definition) is 11. The summed E-state index contributed by atoms with van der Waals surface area (Å²) < 4.78 is 51.8. The summed E-state index contributed by atoms with van der Waals surface area (Å²) in [6.45, 7) is -0.825. The van der Waals surface area contributed by atoms with Crippen molar-refractivity contribution in [3.05, 3.63) is 22.1 Å². The number of nitrogen functional groups attached to an aromatic ring is 1. The van der Waals surface area contributed by atoms with Gasteiger partial charge in [-0.2, -0.15) is 13.6 Å². The van der Waals surface area contributed by atoms with E-state index in [4.69, 9.17) is 25.2 Å². The Balaban J connectivity index is 1.98. The Morgan fingerprint density at radius 1 is 1.26 bits per heavy atom. The van der Waals surface area contributed by atoms with E-state index in [-0.39, 0.29) is 17.9 Å². The second-order valence-electron chi connectivity index (χ2n) is 6.05. The van der Waals surface area contributed by atoms with E-state index in [0.29, 0.717) is 0 Å². The normalized spacial score (nSPS) is 25.3. The number of nitrogens with zero attached hydrogens (tertiary/aromatic N) is 2. The Morgan fingerprint density at radius 2 is 1.90 bits per heavy atom. The third-order valence-corrected chi connectivity index (χ3v) is 7.34. The van der Waals surface area contributed by atoms with Crippen molar-refractivity contribution in [3.63, 3.8) is 0 Å². The Morgan fingerprint density at radius 3 is 2.52 bits per heavy atom. The molecule has 2 heterocycles. The molecule has 1 fully saturated rings. The number of aliphatic hydroxyl groups excluding tert-OH is 1. The van der Waals surface area contributed by atoms with Gasteiger partial charge in [0.05, 0.1) is 12.7 Å². The zero-order valence-electron chi connectivity index (χ0n) is 15.5. The third kappa shape index (κ3) is 8.21. The second kappa shape index (κ2) is 9.60. The Bertz CT molecular complexity index is 1090. The number of ether oxygens (including phenoxy) is 1. The van der Waals surface area contributed by atoms with Crippen LogP contribution in [0.1, 0.15) is 12.0 Å². The molecule has 2 unspecified atom stereocenters. The topological polar surface area (TPSA) is 250 Å². The minimum atomic E-state index is -5.65. The van der Waals surface area contributed by atoms with Crippen LogP contribution in [0.3, 0.4) is 0 Å². The van der Waals surface area contributed by atoms with Crippen molar-refractivity contribution in [2.24, 2.45) is 7.05 Å². The molecule has 0 amide bonds. The quantitative estimate of drug-likeness (QED) is 0.184. The van der Waals surface area contributed by atoms with Gasteiger partial charge in [-0.25, -0.2) is 13.7 Å². The maximum atomic E-state index is 11.7. The summed E-state index contributed by atoms with van der Waals surface area (Å²) in [5, 5.41) is 9.96. The highest BCUT2D eigenvalue weighted by molar-refractivity contribution is 7.66. The molecular weight excluding hydrogens is 487 g/mol. The third-order valence-electron chi connectivity index (χ3n) is 3.54. The SMILES string of the molecule is Cn1cc(C#C[C@H]2C[C@H](O)[C@@H](COP(=O)(O)OP(=O)(O)OP(=O)(O)O)O2)c(=O)nc1N. The number of aryl methyl sites for hydroxylation is 1. The first-order chi connectivity index (χ1) is 14.1. The van der Waals surface area contributed by atoms with E-state index in [0.717, 1.165) is 0 Å². The van der Waals surface area contributed by atoms with Gasteiger partial charge in [-0.15, -0.1) is 0 Å². The molecule has 1 aromatic rings. The lowest BCUT2D eigenvalue weighted by atomic mass is 10.1. The standard InChI is InChI=1S/C12H18N3O13P3/c1-15-5-7(11(17)14-12(15)13)2-3-8-4-9(16)10(26-8)6-25-30(21,22)28-31(23,24)27-29(18,19)20/h5,8-10,16H,4,6H2,1H3,(H,21,22)(H,23,24)(H2,13,14,17)(H2,18,19,20)/t8-,9-,10+/m0/s1. The van der Waals surface area contributed by atoms with Crippen molar-refractivity contribution >= 4 is 29.4 Å². The molecular formula is C12H18N3O13P3. The van der Waals surface area contributed by atoms with Crippen LogP contribution in [0.25, 0.3) is 0 Å². The van der Waals surface area contributed by atoms with Crippen molar-refractivity contribution in [2.45, 2.75) is 24.7 Å². The lowest BCUT2D eigenvalue weighted by molar-refractivity contribution is -0.00863. The molecule has 31 heavy (non-hydrogen) atoms. The van der Waals surface area contributed by atoms with Gasteiger partial charge in [0.15, 0.2) is 0 Å². The van der Waals surface area contributed by atoms with Crippen LogP contribution in [-0.4, -0.2) is 59.2 Å². The molecule has 1 aliphatic rings. The molecule has 0 aliphatic carbocycles. The van der Waals surface area contributed by atoms with Crippen molar-refractivity contribution in [2.75, 3.05) is 12.3 Å². The maximum Gasteiger partial charge on any atom is 0.490 e. The fourth-order valence-electron chi connectivity index (χ4n) is 2.24. The summed E-state index contributed by atoms with van der Waals surface area (Å²) >= 11 is 0. The van der Waals surface area contributed by atoms with Gasteiger partial charge in [-0.3, -0.25) is 9.32 Å². The Labute approximate surface area is 174 Å². The summed E-state index contributed by atoms with van der Waals surface area (Å²) in [7, 11) is -15.0. The van der Waals surface area contributed by atoms with Crippen LogP contribution in [0.5, 0.6) is 0 Å². The molecule has 1 saturated heterocycles. The molecule has 0 bridgehead atoms. The maximum absolute atomic E-state index is 11.7. The van der Waals surface area contributed by atoms with E-state index in [1.165, 1.54) is 10.8 Å². The van der Waals surface area contributed by atoms with Gasteiger partial charge < -0.3 is 39.7 Å². The first-order valence-electron chi connectivity index (χ1n) is 8.03. The van der Waals surface area contributed by atoms with E-state index in [1.54, 1.807) is 7.05 Å². The average molecular weight is 505 g/mol. The summed E-state index contributed by atoms with van der Waals surface area (Å²) in [4.78, 5) is 50.7. The van der Waals surface area contributed by atoms with Gasteiger partial charge in [0.2, 0.25) is 5.95 Å². The van der Waals surface area contributed by atoms with Crippen LogP contribution >= 0.6 is 23.5 Å². The number of anilines is 1. The predicted molar refractivity (Wildman–Crippen MR) is 99.9 cm³/mol. The number of nitrogens with two attached hydrogens (primary N) is 1. The second-order valence-corrected chi connectivity index (χ2v) is 10.5. The number of hydrogen-bond donors (Lipinski definition) is 6. The Hall–Kier alpha value is -1.43. The minimum Gasteiger partial charge on any atom is -0.390 e. The molecule has 0 radical (unpaired) electrons. The lowest BCUT2D eigenvalue weighted by Crippen LogP contribution is -2.26. The zero-order chi connectivity index (χ0) is 23.6. The van der Waals surface area contributed by atoms with Crippen molar-refractivity contribution in [1.82, 2.24) is 9.55 Å². The van der Waals surface area contributed by atoms with E-state index in [2.05, 4.69) is 30.0 Å². The van der Waals surface area contributed by atoms with Crippen LogP contribution in [0.2, 0.25) is 0 Å². The van der Waals surface area contributed by atoms with E-state index < -0.39 is 53.9 Å². The van der Waals surface area contributed by atoms with Gasteiger partial charge >= 0.3 is 23.5 Å². The van der Waals surface area contributed by atoms with Crippen LogP contribution in [0.15, 0.2) is 11.0 Å². The van der Waals surface area contributed by atoms with Gasteiger partial charge in [0, 0.05) is 19.7 Å². The number of phosphoric acid groups is 3. The molecule has 19 heteroatoms. The molecule has 2 rings (SSSR count). The molecule has 5 atom stereocenters. The molecule has 7 N–H and O–H groups in total. The molecule has 174 valence electrons. The molecule has 0 spiro atoms. The molecule has 0 saturated carbocycles. The number of phosphoric ester groups is 1. The first kappa shape index (κ1) is 25.8. The van der Waals surface area contributed by atoms with Crippen LogP contribution < -0.4 is 11.3 Å². The van der Waals surface area contributed by atoms with E-state index in [1.807, 2.05) is 0 Å². The summed E-state index contributed by atoms with van der Waals surface area (Å²) in [5.41, 5.74) is 4.81. The molecule has 1 aliphatic heterocycles. The molecule has 16 nitrogen and oxygen atoms in total. The van der Waals surface area contributed by atoms with Crippen LogP contribution in [-0.2, 0) is 38.6 Å². The zero-order valence-corrected chi connectivity index (χ0v) is 18.2. The van der Waals surface area contributed by atoms with Gasteiger partial charge in [0.25, 0.3) is 5.56 Å². The highest BCUT2D eigenvalue weighted by Crippen LogP contribution is 2.66. The monoisotopic (exact) mass is 505 g/mol. The number of aliphatic hydroxyl groups is 1. The fourth-order valence-corrected chi connectivity index (χ4v) is 5.27. The number of aromatic nitrogens is 2. The summed E-state index contributed by atoms with van der Waals surface area (Å²) in [5.74, 6) is 5.07. The van der Waals surface area contributed by atoms with E-state index in [9.17, 15) is 28.5 Å². The predicted octanol–water partition coefficient (Wildman–Crippen LogP) is -1.42. The number of rotatable bonds is 7. The summed E-state index contributed by atoms with van der Waals surface area (Å²) in [6, 6.07) is 0. The average Bonchev–Trinajstić information content (AvgIpc) is 2.92. The smallest absolute Gasteiger partial charge is 0.390 e. The largest absolute Gasteiger partial charge is 0.490 e. The van der Waals surface area contributed by atoms with Gasteiger partial charge in [-0.05, 0) is 0 Å². The minimum absolute atomic E-state index is 0.00602. The Kier molecular flexibility index (Phi) is 8.00. The molecule has 1 aromatic heterocycles. The highest BCUT2D eigenvalue weighted by Gasteiger charge is 2.42. The first-order valence-corrected chi connectivity index (χ1v) is 12.6. The van der Waals surface area contributed by atoms with Crippen LogP contribution in [0.4, 0.5) is 5.95 Å². The van der Waals surface area contributed by atoms with E-state index >= 15 is 0 Å². The highest BCUT2D eigenvalue weighted by atomic mass is 31.3. The molecule has 0 aromatic carbocycles. The lowest BCUT2D eigenvalue weighted by Gasteiger charge is -2.18. The van der Waals surface area contributed by atoms with Crippen LogP contribution in [0, 0.1) is 11.8 Å². The van der Waals surface area contributed by atoms with Gasteiger partial charge in [0.1, 0.15) is 17.8 Å².